The van der Waals surface area contributed by atoms with Crippen molar-refractivity contribution >= 4 is 11.6 Å². The topological polar surface area (TPSA) is 59.6 Å². The van der Waals surface area contributed by atoms with E-state index in [0.717, 1.165) is 17.7 Å². The van der Waals surface area contributed by atoms with Gasteiger partial charge in [0.05, 0.1) is 25.9 Å². The first-order valence-electron chi connectivity index (χ1n) is 9.09. The predicted molar refractivity (Wildman–Crippen MR) is 102 cm³/mol. The standard InChI is InChI=1S/C21H26N2O3/c1-16-20(22-11-13-26-16)21(24)23-19-9-5-8-18(14-19)15-25-12-10-17-6-3-2-4-7-17/h2-9,14,16,20,22H,10-13,15H2,1H3,(H,23,24)/t16-,20+/m1/s1. The third-order valence-corrected chi connectivity index (χ3v) is 4.44. The Morgan fingerprint density at radius 2 is 2.00 bits per heavy atom. The van der Waals surface area contributed by atoms with Crippen molar-refractivity contribution in [2.75, 3.05) is 25.1 Å². The zero-order valence-electron chi connectivity index (χ0n) is 15.1. The molecule has 26 heavy (non-hydrogen) atoms. The molecule has 0 aromatic heterocycles. The van der Waals surface area contributed by atoms with E-state index in [1.165, 1.54) is 5.56 Å². The van der Waals surface area contributed by atoms with E-state index < -0.39 is 0 Å². The van der Waals surface area contributed by atoms with Crippen molar-refractivity contribution in [3.63, 3.8) is 0 Å². The second-order valence-corrected chi connectivity index (χ2v) is 6.49. The van der Waals surface area contributed by atoms with Crippen molar-refractivity contribution in [3.8, 4) is 0 Å². The summed E-state index contributed by atoms with van der Waals surface area (Å²) < 4.78 is 11.3. The van der Waals surface area contributed by atoms with E-state index in [4.69, 9.17) is 9.47 Å². The minimum absolute atomic E-state index is 0.0701. The van der Waals surface area contributed by atoms with Crippen molar-refractivity contribution in [2.45, 2.75) is 32.1 Å². The second kappa shape index (κ2) is 9.48. The van der Waals surface area contributed by atoms with Crippen LogP contribution in [0, 0.1) is 0 Å². The van der Waals surface area contributed by atoms with Crippen LogP contribution < -0.4 is 10.6 Å². The van der Waals surface area contributed by atoms with Crippen molar-refractivity contribution in [3.05, 3.63) is 65.7 Å². The maximum atomic E-state index is 12.4. The van der Waals surface area contributed by atoms with Crippen LogP contribution in [0.15, 0.2) is 54.6 Å². The lowest BCUT2D eigenvalue weighted by atomic mass is 10.1. The van der Waals surface area contributed by atoms with Gasteiger partial charge in [0.25, 0.3) is 0 Å². The van der Waals surface area contributed by atoms with E-state index in [9.17, 15) is 4.79 Å². The Hall–Kier alpha value is -2.21. The molecule has 2 N–H and O–H groups in total. The van der Waals surface area contributed by atoms with Crippen molar-refractivity contribution in [1.82, 2.24) is 5.32 Å². The highest BCUT2D eigenvalue weighted by Crippen LogP contribution is 2.14. The third kappa shape index (κ3) is 5.39. The van der Waals surface area contributed by atoms with Gasteiger partial charge in [0.15, 0.2) is 0 Å². The van der Waals surface area contributed by atoms with E-state index in [-0.39, 0.29) is 18.1 Å². The lowest BCUT2D eigenvalue weighted by Gasteiger charge is -2.29. The number of amides is 1. The lowest BCUT2D eigenvalue weighted by molar-refractivity contribution is -0.123. The molecule has 1 amide bonds. The zero-order chi connectivity index (χ0) is 18.2. The fourth-order valence-corrected chi connectivity index (χ4v) is 3.01. The van der Waals surface area contributed by atoms with Gasteiger partial charge in [-0.1, -0.05) is 42.5 Å². The molecule has 1 saturated heterocycles. The van der Waals surface area contributed by atoms with E-state index in [0.29, 0.717) is 26.4 Å². The molecular formula is C21H26N2O3. The Balaban J connectivity index is 1.47. The van der Waals surface area contributed by atoms with Crippen LogP contribution in [0.1, 0.15) is 18.1 Å². The fourth-order valence-electron chi connectivity index (χ4n) is 3.01. The summed E-state index contributed by atoms with van der Waals surface area (Å²) in [5, 5.41) is 6.16. The lowest BCUT2D eigenvalue weighted by Crippen LogP contribution is -2.53. The molecule has 0 aliphatic carbocycles. The van der Waals surface area contributed by atoms with Crippen LogP contribution in [-0.2, 0) is 27.3 Å². The maximum absolute atomic E-state index is 12.4. The van der Waals surface area contributed by atoms with Gasteiger partial charge in [-0.05, 0) is 36.6 Å². The highest BCUT2D eigenvalue weighted by Gasteiger charge is 2.28. The molecule has 3 rings (SSSR count). The number of rotatable bonds is 7. The van der Waals surface area contributed by atoms with Crippen molar-refractivity contribution < 1.29 is 14.3 Å². The molecule has 5 heteroatoms. The number of carbonyl (C=O) groups is 1. The monoisotopic (exact) mass is 354 g/mol. The number of nitrogens with one attached hydrogen (secondary N) is 2. The Morgan fingerprint density at radius 1 is 1.19 bits per heavy atom. The van der Waals surface area contributed by atoms with Gasteiger partial charge in [0.1, 0.15) is 6.04 Å². The van der Waals surface area contributed by atoms with Crippen LogP contribution in [0.3, 0.4) is 0 Å². The average Bonchev–Trinajstić information content (AvgIpc) is 2.67. The maximum Gasteiger partial charge on any atom is 0.244 e. The molecule has 2 aromatic carbocycles. The van der Waals surface area contributed by atoms with Crippen LogP contribution in [-0.4, -0.2) is 37.8 Å². The van der Waals surface area contributed by atoms with Crippen LogP contribution in [0.2, 0.25) is 0 Å². The Bertz CT molecular complexity index is 705. The molecule has 0 unspecified atom stereocenters. The van der Waals surface area contributed by atoms with Crippen LogP contribution >= 0.6 is 0 Å². The molecule has 1 heterocycles. The highest BCUT2D eigenvalue weighted by atomic mass is 16.5. The highest BCUT2D eigenvalue weighted by molar-refractivity contribution is 5.95. The number of hydrogen-bond acceptors (Lipinski definition) is 4. The van der Waals surface area contributed by atoms with Gasteiger partial charge in [-0.25, -0.2) is 0 Å². The molecule has 1 aliphatic rings. The Labute approximate surface area is 154 Å². The van der Waals surface area contributed by atoms with Gasteiger partial charge in [0, 0.05) is 12.2 Å². The van der Waals surface area contributed by atoms with Gasteiger partial charge in [-0.2, -0.15) is 0 Å². The molecule has 0 spiro atoms. The molecule has 1 aliphatic heterocycles. The van der Waals surface area contributed by atoms with Gasteiger partial charge in [-0.3, -0.25) is 4.79 Å². The number of anilines is 1. The number of morpholine rings is 1. The number of carbonyl (C=O) groups excluding carboxylic acids is 1. The Kier molecular flexibility index (Phi) is 6.77. The summed E-state index contributed by atoms with van der Waals surface area (Å²) in [5.41, 5.74) is 3.08. The van der Waals surface area contributed by atoms with Crippen molar-refractivity contribution in [2.24, 2.45) is 0 Å². The third-order valence-electron chi connectivity index (χ3n) is 4.44. The normalized spacial score (nSPS) is 19.9. The number of benzene rings is 2. The molecule has 0 radical (unpaired) electrons. The molecule has 0 saturated carbocycles. The first kappa shape index (κ1) is 18.6. The van der Waals surface area contributed by atoms with E-state index in [1.807, 2.05) is 49.4 Å². The minimum Gasteiger partial charge on any atom is -0.376 e. The summed E-state index contributed by atoms with van der Waals surface area (Å²) >= 11 is 0. The number of hydrogen-bond donors (Lipinski definition) is 2. The van der Waals surface area contributed by atoms with Crippen LogP contribution in [0.5, 0.6) is 0 Å². The van der Waals surface area contributed by atoms with Gasteiger partial charge < -0.3 is 20.1 Å². The van der Waals surface area contributed by atoms with E-state index in [2.05, 4.69) is 22.8 Å². The first-order chi connectivity index (χ1) is 12.7. The quantitative estimate of drug-likeness (QED) is 0.751. The zero-order valence-corrected chi connectivity index (χ0v) is 15.1. The van der Waals surface area contributed by atoms with Crippen LogP contribution in [0.25, 0.3) is 0 Å². The SMILES string of the molecule is C[C@H]1OCCN[C@@H]1C(=O)Nc1cccc(COCCc2ccccc2)c1. The Morgan fingerprint density at radius 3 is 2.81 bits per heavy atom. The molecule has 5 nitrogen and oxygen atoms in total. The van der Waals surface area contributed by atoms with Gasteiger partial charge >= 0.3 is 0 Å². The van der Waals surface area contributed by atoms with Gasteiger partial charge in [0.2, 0.25) is 5.91 Å². The predicted octanol–water partition coefficient (Wildman–Crippen LogP) is 2.76. The van der Waals surface area contributed by atoms with Crippen molar-refractivity contribution in [1.29, 1.82) is 0 Å². The van der Waals surface area contributed by atoms with E-state index in [1.54, 1.807) is 0 Å². The fraction of sp³-hybridized carbons (Fsp3) is 0.381. The average molecular weight is 354 g/mol. The largest absolute Gasteiger partial charge is 0.376 e. The summed E-state index contributed by atoms with van der Waals surface area (Å²) in [6.07, 6.45) is 0.760. The molecule has 2 aromatic rings. The smallest absolute Gasteiger partial charge is 0.244 e. The molecule has 0 bridgehead atoms. The van der Waals surface area contributed by atoms with E-state index >= 15 is 0 Å². The van der Waals surface area contributed by atoms with Crippen LogP contribution in [0.4, 0.5) is 5.69 Å². The number of ether oxygens (including phenoxy) is 2. The summed E-state index contributed by atoms with van der Waals surface area (Å²) in [6.45, 7) is 4.44. The van der Waals surface area contributed by atoms with Gasteiger partial charge in [-0.15, -0.1) is 0 Å². The molecule has 2 atom stereocenters. The first-order valence-corrected chi connectivity index (χ1v) is 9.09. The molecule has 1 fully saturated rings. The second-order valence-electron chi connectivity index (χ2n) is 6.49. The minimum atomic E-state index is -0.325. The molecular weight excluding hydrogens is 328 g/mol. The summed E-state index contributed by atoms with van der Waals surface area (Å²) in [5.74, 6) is -0.0701. The summed E-state index contributed by atoms with van der Waals surface area (Å²) in [4.78, 5) is 12.4. The summed E-state index contributed by atoms with van der Waals surface area (Å²) in [7, 11) is 0. The molecule has 138 valence electrons. The summed E-state index contributed by atoms with van der Waals surface area (Å²) in [6, 6.07) is 17.7.